The second-order valence-corrected chi connectivity index (χ2v) is 3.16. The van der Waals surface area contributed by atoms with E-state index in [2.05, 4.69) is 4.74 Å². The van der Waals surface area contributed by atoms with Gasteiger partial charge in [-0.1, -0.05) is 0 Å². The summed E-state index contributed by atoms with van der Waals surface area (Å²) in [7, 11) is 0.499. The Kier molecular flexibility index (Phi) is 3.51. The van der Waals surface area contributed by atoms with Crippen molar-refractivity contribution in [2.45, 2.75) is 12.2 Å². The summed E-state index contributed by atoms with van der Waals surface area (Å²) in [6.45, 7) is -1.59. The van der Waals surface area contributed by atoms with Crippen LogP contribution in [0, 0.1) is 0 Å². The third-order valence-electron chi connectivity index (χ3n) is 2.23. The lowest BCUT2D eigenvalue weighted by Gasteiger charge is -2.38. The molecule has 15 heavy (non-hydrogen) atoms. The van der Waals surface area contributed by atoms with Crippen molar-refractivity contribution >= 4 is 0 Å². The van der Waals surface area contributed by atoms with Gasteiger partial charge in [0.25, 0.3) is 0 Å². The van der Waals surface area contributed by atoms with Gasteiger partial charge in [-0.15, -0.1) is 9.60 Å². The summed E-state index contributed by atoms with van der Waals surface area (Å²) in [5.41, 5.74) is 0. The molecule has 0 spiro atoms. The van der Waals surface area contributed by atoms with Crippen LogP contribution in [-0.4, -0.2) is 55.5 Å². The Bertz CT molecular complexity index is 217. The lowest BCUT2D eigenvalue weighted by molar-refractivity contribution is -0.386. The molecule has 0 atom stereocenters. The maximum atomic E-state index is 13.1. The van der Waals surface area contributed by atoms with Crippen molar-refractivity contribution in [3.63, 3.8) is 0 Å². The van der Waals surface area contributed by atoms with E-state index in [0.29, 0.717) is 12.2 Å². The second kappa shape index (κ2) is 4.18. The molecule has 0 saturated carbocycles. The summed E-state index contributed by atoms with van der Waals surface area (Å²) in [5, 5.41) is 0.303. The molecule has 1 rings (SSSR count). The Morgan fingerprint density at radius 1 is 1.00 bits per heavy atom. The van der Waals surface area contributed by atoms with E-state index in [1.807, 2.05) is 0 Å². The van der Waals surface area contributed by atoms with E-state index < -0.39 is 25.2 Å². The fourth-order valence-electron chi connectivity index (χ4n) is 1.27. The number of halogens is 5. The number of nitrogens with zero attached hydrogens (tertiary/aromatic N) is 2. The van der Waals surface area contributed by atoms with Crippen molar-refractivity contribution in [1.82, 2.24) is 10.0 Å². The van der Waals surface area contributed by atoms with Gasteiger partial charge in [-0.05, 0) is 0 Å². The minimum absolute atomic E-state index is 0.215. The summed E-state index contributed by atoms with van der Waals surface area (Å²) in [6, 6.07) is -4.41. The normalized spacial score (nSPS) is 22.0. The van der Waals surface area contributed by atoms with Gasteiger partial charge in [-0.2, -0.15) is 17.6 Å². The number of ether oxygens (including phenoxy) is 1. The first-order valence-corrected chi connectivity index (χ1v) is 4.28. The Hall–Kier alpha value is -0.470. The molecule has 3 nitrogen and oxygen atoms in total. The maximum Gasteiger partial charge on any atom is 0.434 e. The zero-order valence-corrected chi connectivity index (χ0v) is 8.02. The maximum absolute atomic E-state index is 13.1. The number of hydrogen-bond acceptors (Lipinski definition) is 3. The third kappa shape index (κ3) is 2.37. The molecule has 0 unspecified atom stereocenters. The molecule has 8 heteroatoms. The van der Waals surface area contributed by atoms with Crippen molar-refractivity contribution in [1.29, 1.82) is 0 Å². The summed E-state index contributed by atoms with van der Waals surface area (Å²) in [5.74, 6) is 0. The van der Waals surface area contributed by atoms with E-state index in [1.54, 1.807) is 0 Å². The molecule has 0 aliphatic carbocycles. The van der Waals surface area contributed by atoms with Gasteiger partial charge in [0.2, 0.25) is 0 Å². The van der Waals surface area contributed by atoms with Crippen LogP contribution in [0.3, 0.4) is 0 Å². The average Bonchev–Trinajstić information content (AvgIpc) is 2.18. The Balaban J connectivity index is 2.69. The van der Waals surface area contributed by atoms with Gasteiger partial charge >= 0.3 is 12.2 Å². The first-order chi connectivity index (χ1) is 6.81. The molecule has 0 radical (unpaired) electrons. The van der Waals surface area contributed by atoms with Crippen LogP contribution in [-0.2, 0) is 4.74 Å². The number of hydrogen-bond donors (Lipinski definition) is 0. The van der Waals surface area contributed by atoms with Crippen LogP contribution in [0.2, 0.25) is 0 Å². The van der Waals surface area contributed by atoms with Crippen LogP contribution >= 0.6 is 0 Å². The quantitative estimate of drug-likeness (QED) is 0.416. The van der Waals surface area contributed by atoms with Crippen LogP contribution in [0.15, 0.2) is 0 Å². The molecule has 0 bridgehead atoms. The van der Waals surface area contributed by atoms with Crippen LogP contribution in [0.1, 0.15) is 0 Å². The van der Waals surface area contributed by atoms with Gasteiger partial charge in [0.05, 0.1) is 0 Å². The van der Waals surface area contributed by atoms with Gasteiger partial charge in [0.15, 0.2) is 0 Å². The topological polar surface area (TPSA) is 15.7 Å². The number of piperazine rings is 1. The van der Waals surface area contributed by atoms with Crippen molar-refractivity contribution in [2.24, 2.45) is 0 Å². The minimum Gasteiger partial charge on any atom is -0.318 e. The summed E-state index contributed by atoms with van der Waals surface area (Å²) >= 11 is 0. The molecule has 0 N–H and O–H groups in total. The van der Waals surface area contributed by atoms with E-state index in [4.69, 9.17) is 0 Å². The van der Waals surface area contributed by atoms with Gasteiger partial charge in [0.1, 0.15) is 0 Å². The highest BCUT2D eigenvalue weighted by atomic mass is 19.3. The first-order valence-electron chi connectivity index (χ1n) is 4.28. The van der Waals surface area contributed by atoms with E-state index >= 15 is 0 Å². The Labute approximate surface area is 83.3 Å². The van der Waals surface area contributed by atoms with E-state index in [1.165, 1.54) is 0 Å². The molecule has 1 aliphatic rings. The third-order valence-corrected chi connectivity index (χ3v) is 2.23. The fourth-order valence-corrected chi connectivity index (χ4v) is 1.27. The summed E-state index contributed by atoms with van der Waals surface area (Å²) in [4.78, 5) is 0.215. The Morgan fingerprint density at radius 3 is 1.87 bits per heavy atom. The molecule has 1 heterocycles. The van der Waals surface area contributed by atoms with Crippen molar-refractivity contribution in [3.8, 4) is 0 Å². The lowest BCUT2D eigenvalue weighted by atomic mass is 10.3. The van der Waals surface area contributed by atoms with Crippen molar-refractivity contribution in [2.75, 3.05) is 33.3 Å². The predicted molar refractivity (Wildman–Crippen MR) is 41.2 cm³/mol. The standard InChI is InChI=1S/C7H11F5N2O/c1-15-7(10,11)6(8,9)13-2-4-14(12)5-3-13/h2-5H2,1H3. The van der Waals surface area contributed by atoms with Gasteiger partial charge in [0, 0.05) is 33.3 Å². The minimum atomic E-state index is -4.56. The monoisotopic (exact) mass is 234 g/mol. The molecule has 1 fully saturated rings. The molecule has 1 aliphatic heterocycles. The van der Waals surface area contributed by atoms with Crippen LogP contribution in [0.25, 0.3) is 0 Å². The summed E-state index contributed by atoms with van der Waals surface area (Å²) in [6.07, 6.45) is -4.56. The van der Waals surface area contributed by atoms with E-state index in [0.717, 1.165) is 0 Å². The van der Waals surface area contributed by atoms with Crippen molar-refractivity contribution in [3.05, 3.63) is 0 Å². The molecule has 1 saturated heterocycles. The van der Waals surface area contributed by atoms with Gasteiger partial charge < -0.3 is 4.74 Å². The number of alkyl halides is 4. The first kappa shape index (κ1) is 12.6. The van der Waals surface area contributed by atoms with Gasteiger partial charge in [-0.25, -0.2) is 4.90 Å². The van der Waals surface area contributed by atoms with Crippen LogP contribution < -0.4 is 0 Å². The molecule has 0 aromatic rings. The zero-order chi connectivity index (χ0) is 11.7. The summed E-state index contributed by atoms with van der Waals surface area (Å²) < 4.78 is 67.5. The highest BCUT2D eigenvalue weighted by Gasteiger charge is 2.61. The Morgan fingerprint density at radius 2 is 1.47 bits per heavy atom. The fraction of sp³-hybridized carbons (Fsp3) is 1.00. The van der Waals surface area contributed by atoms with Crippen LogP contribution in [0.5, 0.6) is 0 Å². The molecular formula is C7H11F5N2O. The second-order valence-electron chi connectivity index (χ2n) is 3.16. The largest absolute Gasteiger partial charge is 0.434 e. The van der Waals surface area contributed by atoms with Crippen LogP contribution in [0.4, 0.5) is 22.0 Å². The predicted octanol–water partition coefficient (Wildman–Crippen LogP) is 1.32. The highest BCUT2D eigenvalue weighted by molar-refractivity contribution is 4.81. The molecule has 90 valence electrons. The smallest absolute Gasteiger partial charge is 0.318 e. The average molecular weight is 234 g/mol. The lowest BCUT2D eigenvalue weighted by Crippen LogP contribution is -2.60. The molecule has 0 amide bonds. The van der Waals surface area contributed by atoms with E-state index in [9.17, 15) is 22.0 Å². The van der Waals surface area contributed by atoms with Gasteiger partial charge in [-0.3, -0.25) is 0 Å². The van der Waals surface area contributed by atoms with E-state index in [-0.39, 0.29) is 18.0 Å². The molecule has 0 aromatic carbocycles. The number of rotatable bonds is 3. The highest BCUT2D eigenvalue weighted by Crippen LogP contribution is 2.38. The molecular weight excluding hydrogens is 223 g/mol. The SMILES string of the molecule is COC(F)(F)C(F)(F)N1CCN(F)CC1. The van der Waals surface area contributed by atoms with Crippen molar-refractivity contribution < 1.29 is 26.8 Å². The number of methoxy groups -OCH3 is 1. The molecule has 0 aromatic heterocycles. The zero-order valence-electron chi connectivity index (χ0n) is 8.02.